The van der Waals surface area contributed by atoms with Gasteiger partial charge in [0.1, 0.15) is 0 Å². The highest BCUT2D eigenvalue weighted by Gasteiger charge is 2.18. The first-order valence-corrected chi connectivity index (χ1v) is 7.13. The number of benzene rings is 2. The molecule has 2 rings (SSSR count). The molecule has 0 aromatic heterocycles. The lowest BCUT2D eigenvalue weighted by Crippen LogP contribution is -2.30. The van der Waals surface area contributed by atoms with Crippen LogP contribution in [0.3, 0.4) is 0 Å². The van der Waals surface area contributed by atoms with Gasteiger partial charge < -0.3 is 4.90 Å². The Balaban J connectivity index is 2.55. The lowest BCUT2D eigenvalue weighted by atomic mass is 9.94. The molecule has 0 unspecified atom stereocenters. The summed E-state index contributed by atoms with van der Waals surface area (Å²) in [6.45, 7) is 7.55. The Morgan fingerprint density at radius 3 is 2.20 bits per heavy atom. The van der Waals surface area contributed by atoms with Crippen molar-refractivity contribution in [3.8, 4) is 11.1 Å². The average molecular weight is 267 g/mol. The Morgan fingerprint density at radius 1 is 0.950 bits per heavy atom. The zero-order valence-corrected chi connectivity index (χ0v) is 12.4. The van der Waals surface area contributed by atoms with Crippen LogP contribution in [-0.2, 0) is 0 Å². The number of nitrogens with zero attached hydrogens (tertiary/aromatic N) is 1. The highest BCUT2D eigenvalue weighted by Crippen LogP contribution is 2.28. The van der Waals surface area contributed by atoms with Crippen LogP contribution in [0.15, 0.2) is 48.5 Å². The Bertz CT molecular complexity index is 586. The van der Waals surface area contributed by atoms with Crippen molar-refractivity contribution in [1.82, 2.24) is 4.90 Å². The lowest BCUT2D eigenvalue weighted by molar-refractivity contribution is 0.0773. The van der Waals surface area contributed by atoms with E-state index in [9.17, 15) is 4.79 Å². The molecule has 0 fully saturated rings. The van der Waals surface area contributed by atoms with E-state index in [4.69, 9.17) is 0 Å². The van der Waals surface area contributed by atoms with Crippen molar-refractivity contribution < 1.29 is 4.79 Å². The maximum Gasteiger partial charge on any atom is 0.254 e. The highest BCUT2D eigenvalue weighted by molar-refractivity contribution is 6.01. The first-order valence-electron chi connectivity index (χ1n) is 7.13. The monoisotopic (exact) mass is 267 g/mol. The third kappa shape index (κ3) is 2.74. The molecule has 2 aromatic carbocycles. The second-order valence-corrected chi connectivity index (χ2v) is 4.84. The number of amides is 1. The Morgan fingerprint density at radius 2 is 1.60 bits per heavy atom. The van der Waals surface area contributed by atoms with Crippen LogP contribution < -0.4 is 0 Å². The fourth-order valence-electron chi connectivity index (χ4n) is 2.52. The Kier molecular flexibility index (Phi) is 4.57. The van der Waals surface area contributed by atoms with Gasteiger partial charge in [-0.25, -0.2) is 0 Å². The van der Waals surface area contributed by atoms with Crippen LogP contribution in [0.1, 0.15) is 29.8 Å². The van der Waals surface area contributed by atoms with Gasteiger partial charge in [-0.3, -0.25) is 4.79 Å². The number of rotatable bonds is 4. The van der Waals surface area contributed by atoms with Crippen LogP contribution in [0, 0.1) is 6.92 Å². The van der Waals surface area contributed by atoms with Gasteiger partial charge in [0.15, 0.2) is 0 Å². The molecule has 20 heavy (non-hydrogen) atoms. The van der Waals surface area contributed by atoms with Crippen molar-refractivity contribution in [2.45, 2.75) is 20.8 Å². The Hall–Kier alpha value is -2.09. The summed E-state index contributed by atoms with van der Waals surface area (Å²) in [5.74, 6) is 0.109. The summed E-state index contributed by atoms with van der Waals surface area (Å²) in [5.41, 5.74) is 4.07. The SMILES string of the molecule is CCN(CC)C(=O)c1cccc(C)c1-c1ccccc1. The van der Waals surface area contributed by atoms with E-state index in [-0.39, 0.29) is 5.91 Å². The van der Waals surface area contributed by atoms with Gasteiger partial charge in [0, 0.05) is 18.7 Å². The molecule has 0 aliphatic carbocycles. The molecule has 0 N–H and O–H groups in total. The molecule has 0 saturated heterocycles. The van der Waals surface area contributed by atoms with Gasteiger partial charge in [-0.15, -0.1) is 0 Å². The van der Waals surface area contributed by atoms with E-state index in [0.717, 1.165) is 35.3 Å². The molecule has 0 bridgehead atoms. The van der Waals surface area contributed by atoms with Gasteiger partial charge in [-0.2, -0.15) is 0 Å². The van der Waals surface area contributed by atoms with Gasteiger partial charge in [0.05, 0.1) is 0 Å². The minimum absolute atomic E-state index is 0.109. The first kappa shape index (κ1) is 14.3. The maximum absolute atomic E-state index is 12.7. The smallest absolute Gasteiger partial charge is 0.254 e. The van der Waals surface area contributed by atoms with Crippen LogP contribution in [0.25, 0.3) is 11.1 Å². The minimum atomic E-state index is 0.109. The third-order valence-corrected chi connectivity index (χ3v) is 3.62. The number of carbonyl (C=O) groups is 1. The van der Waals surface area contributed by atoms with Gasteiger partial charge >= 0.3 is 0 Å². The van der Waals surface area contributed by atoms with Crippen molar-refractivity contribution in [3.05, 3.63) is 59.7 Å². The molecular weight excluding hydrogens is 246 g/mol. The van der Waals surface area contributed by atoms with E-state index in [2.05, 4.69) is 25.1 Å². The van der Waals surface area contributed by atoms with Crippen LogP contribution >= 0.6 is 0 Å². The van der Waals surface area contributed by atoms with E-state index in [1.807, 2.05) is 49.1 Å². The quantitative estimate of drug-likeness (QED) is 0.815. The topological polar surface area (TPSA) is 20.3 Å². The molecule has 0 saturated carbocycles. The molecule has 2 nitrogen and oxygen atoms in total. The molecule has 0 heterocycles. The van der Waals surface area contributed by atoms with Crippen LogP contribution in [0.5, 0.6) is 0 Å². The molecule has 2 heteroatoms. The van der Waals surface area contributed by atoms with Crippen molar-refractivity contribution >= 4 is 5.91 Å². The first-order chi connectivity index (χ1) is 9.69. The Labute approximate surface area is 121 Å². The van der Waals surface area contributed by atoms with Gasteiger partial charge in [-0.05, 0) is 43.5 Å². The molecule has 0 atom stereocenters. The van der Waals surface area contributed by atoms with Gasteiger partial charge in [0.25, 0.3) is 5.91 Å². The summed E-state index contributed by atoms with van der Waals surface area (Å²) < 4.78 is 0. The number of carbonyl (C=O) groups excluding carboxylic acids is 1. The molecule has 104 valence electrons. The molecule has 0 radical (unpaired) electrons. The van der Waals surface area contributed by atoms with E-state index >= 15 is 0 Å². The summed E-state index contributed by atoms with van der Waals surface area (Å²) in [6.07, 6.45) is 0. The largest absolute Gasteiger partial charge is 0.339 e. The molecule has 2 aromatic rings. The summed E-state index contributed by atoms with van der Waals surface area (Å²) in [4.78, 5) is 14.5. The van der Waals surface area contributed by atoms with E-state index in [1.165, 1.54) is 0 Å². The van der Waals surface area contributed by atoms with Crippen molar-refractivity contribution in [1.29, 1.82) is 0 Å². The summed E-state index contributed by atoms with van der Waals surface area (Å²) in [5, 5.41) is 0. The summed E-state index contributed by atoms with van der Waals surface area (Å²) in [7, 11) is 0. The third-order valence-electron chi connectivity index (χ3n) is 3.62. The van der Waals surface area contributed by atoms with Crippen molar-refractivity contribution in [2.75, 3.05) is 13.1 Å². The second-order valence-electron chi connectivity index (χ2n) is 4.84. The minimum Gasteiger partial charge on any atom is -0.339 e. The molecule has 0 aliphatic heterocycles. The average Bonchev–Trinajstić information content (AvgIpc) is 2.49. The lowest BCUT2D eigenvalue weighted by Gasteiger charge is -2.21. The van der Waals surface area contributed by atoms with Crippen LogP contribution in [-0.4, -0.2) is 23.9 Å². The van der Waals surface area contributed by atoms with Gasteiger partial charge in [0.2, 0.25) is 0 Å². The predicted octanol–water partition coefficient (Wildman–Crippen LogP) is 4.14. The zero-order chi connectivity index (χ0) is 14.5. The second kappa shape index (κ2) is 6.38. The summed E-state index contributed by atoms with van der Waals surface area (Å²) >= 11 is 0. The number of aryl methyl sites for hydroxylation is 1. The fraction of sp³-hybridized carbons (Fsp3) is 0.278. The van der Waals surface area contributed by atoms with Gasteiger partial charge in [-0.1, -0.05) is 42.5 Å². The van der Waals surface area contributed by atoms with Crippen LogP contribution in [0.2, 0.25) is 0 Å². The highest BCUT2D eigenvalue weighted by atomic mass is 16.2. The summed E-state index contributed by atoms with van der Waals surface area (Å²) in [6, 6.07) is 16.1. The van der Waals surface area contributed by atoms with E-state index in [0.29, 0.717) is 0 Å². The zero-order valence-electron chi connectivity index (χ0n) is 12.4. The normalized spacial score (nSPS) is 10.3. The van der Waals surface area contributed by atoms with E-state index < -0.39 is 0 Å². The number of hydrogen-bond donors (Lipinski definition) is 0. The molecular formula is C18H21NO. The van der Waals surface area contributed by atoms with Crippen LogP contribution in [0.4, 0.5) is 0 Å². The molecule has 0 spiro atoms. The standard InChI is InChI=1S/C18H21NO/c1-4-19(5-2)18(20)16-13-9-10-14(3)17(16)15-11-7-6-8-12-15/h6-13H,4-5H2,1-3H3. The molecule has 1 amide bonds. The van der Waals surface area contributed by atoms with Crippen molar-refractivity contribution in [2.24, 2.45) is 0 Å². The fourth-order valence-corrected chi connectivity index (χ4v) is 2.52. The van der Waals surface area contributed by atoms with Crippen molar-refractivity contribution in [3.63, 3.8) is 0 Å². The maximum atomic E-state index is 12.7. The van der Waals surface area contributed by atoms with E-state index in [1.54, 1.807) is 0 Å². The predicted molar refractivity (Wildman–Crippen MR) is 83.9 cm³/mol. The number of hydrogen-bond acceptors (Lipinski definition) is 1. The molecule has 0 aliphatic rings.